The van der Waals surface area contributed by atoms with Crippen LogP contribution in [0.3, 0.4) is 0 Å². The van der Waals surface area contributed by atoms with E-state index in [1.807, 2.05) is 0 Å². The summed E-state index contributed by atoms with van der Waals surface area (Å²) in [7, 11) is -2.59. The number of sulfonamides is 1. The van der Waals surface area contributed by atoms with Gasteiger partial charge in [-0.2, -0.15) is 4.31 Å². The molecule has 8 heteroatoms. The molecule has 1 aliphatic carbocycles. The van der Waals surface area contributed by atoms with Crippen molar-refractivity contribution in [2.75, 3.05) is 7.05 Å². The summed E-state index contributed by atoms with van der Waals surface area (Å²) in [5.74, 6) is -1.45. The van der Waals surface area contributed by atoms with Gasteiger partial charge in [0.1, 0.15) is 5.82 Å². The van der Waals surface area contributed by atoms with Crippen molar-refractivity contribution in [2.24, 2.45) is 0 Å². The molecule has 1 aliphatic heterocycles. The van der Waals surface area contributed by atoms with Gasteiger partial charge < -0.3 is 0 Å². The lowest BCUT2D eigenvalue weighted by molar-refractivity contribution is 0.0693. The third-order valence-corrected chi connectivity index (χ3v) is 6.80. The standard InChI is InChI=1S/C19H17FN2O4S/c1-21-18(23)15-9-8-14(10-16(15)19(21)24)27(25,26)22(13-6-7-13)11-12-4-2-3-5-17(12)20/h2-5,8-10,13H,6-7,11H2,1H3. The summed E-state index contributed by atoms with van der Waals surface area (Å²) >= 11 is 0. The molecule has 0 saturated heterocycles. The molecule has 2 aromatic carbocycles. The normalized spacial score (nSPS) is 16.9. The van der Waals surface area contributed by atoms with Gasteiger partial charge in [0.05, 0.1) is 16.0 Å². The van der Waals surface area contributed by atoms with E-state index in [0.29, 0.717) is 18.4 Å². The monoisotopic (exact) mass is 388 g/mol. The van der Waals surface area contributed by atoms with Gasteiger partial charge in [0.25, 0.3) is 11.8 Å². The summed E-state index contributed by atoms with van der Waals surface area (Å²) in [6.07, 6.45) is 1.41. The Labute approximate surface area is 156 Å². The molecule has 0 N–H and O–H groups in total. The minimum atomic E-state index is -3.95. The first-order valence-corrected chi connectivity index (χ1v) is 9.96. The fraction of sp³-hybridized carbons (Fsp3) is 0.263. The molecule has 2 aliphatic rings. The predicted molar refractivity (Wildman–Crippen MR) is 95.0 cm³/mol. The van der Waals surface area contributed by atoms with Crippen LogP contribution in [0.1, 0.15) is 39.1 Å². The number of amides is 2. The lowest BCUT2D eigenvalue weighted by atomic mass is 10.1. The molecule has 0 bridgehead atoms. The van der Waals surface area contributed by atoms with Crippen LogP contribution in [0.5, 0.6) is 0 Å². The van der Waals surface area contributed by atoms with Crippen molar-refractivity contribution in [2.45, 2.75) is 30.3 Å². The number of hydrogen-bond donors (Lipinski definition) is 0. The second-order valence-corrected chi connectivity index (χ2v) is 8.64. The highest BCUT2D eigenvalue weighted by Gasteiger charge is 2.40. The molecule has 1 saturated carbocycles. The Kier molecular flexibility index (Phi) is 4.12. The second-order valence-electron chi connectivity index (χ2n) is 6.75. The molecule has 4 rings (SSSR count). The van der Waals surface area contributed by atoms with Crippen LogP contribution in [-0.2, 0) is 16.6 Å². The largest absolute Gasteiger partial charge is 0.277 e. The van der Waals surface area contributed by atoms with Crippen molar-refractivity contribution in [3.8, 4) is 0 Å². The highest BCUT2D eigenvalue weighted by atomic mass is 32.2. The Morgan fingerprint density at radius 3 is 2.41 bits per heavy atom. The van der Waals surface area contributed by atoms with Crippen LogP contribution in [0.15, 0.2) is 47.4 Å². The van der Waals surface area contributed by atoms with Crippen molar-refractivity contribution in [3.63, 3.8) is 0 Å². The van der Waals surface area contributed by atoms with Crippen LogP contribution in [-0.4, -0.2) is 42.5 Å². The highest BCUT2D eigenvalue weighted by Crippen LogP contribution is 2.35. The SMILES string of the molecule is CN1C(=O)c2ccc(S(=O)(=O)N(Cc3ccccc3F)C3CC3)cc2C1=O. The van der Waals surface area contributed by atoms with E-state index in [2.05, 4.69) is 0 Å². The Hall–Kier alpha value is -2.58. The van der Waals surface area contributed by atoms with Crippen LogP contribution < -0.4 is 0 Å². The second kappa shape index (κ2) is 6.24. The smallest absolute Gasteiger partial charge is 0.261 e. The molecule has 1 heterocycles. The van der Waals surface area contributed by atoms with Crippen LogP contribution in [0.2, 0.25) is 0 Å². The summed E-state index contributed by atoms with van der Waals surface area (Å²) in [6, 6.07) is 9.80. The molecule has 0 aromatic heterocycles. The summed E-state index contributed by atoms with van der Waals surface area (Å²) < 4.78 is 41.7. The van der Waals surface area contributed by atoms with Crippen LogP contribution in [0.25, 0.3) is 0 Å². The third kappa shape index (κ3) is 2.94. The van der Waals surface area contributed by atoms with E-state index in [9.17, 15) is 22.4 Å². The maximum atomic E-state index is 14.0. The van der Waals surface area contributed by atoms with Gasteiger partial charge in [-0.05, 0) is 37.1 Å². The Morgan fingerprint density at radius 1 is 1.07 bits per heavy atom. The van der Waals surface area contributed by atoms with Gasteiger partial charge in [0, 0.05) is 25.2 Å². The average molecular weight is 388 g/mol. The zero-order valence-electron chi connectivity index (χ0n) is 14.6. The van der Waals surface area contributed by atoms with Gasteiger partial charge in [-0.3, -0.25) is 14.5 Å². The fourth-order valence-corrected chi connectivity index (χ4v) is 4.89. The van der Waals surface area contributed by atoms with Crippen LogP contribution in [0.4, 0.5) is 4.39 Å². The molecule has 140 valence electrons. The molecule has 1 fully saturated rings. The summed E-state index contributed by atoms with van der Waals surface area (Å²) in [4.78, 5) is 25.1. The number of nitrogens with zero attached hydrogens (tertiary/aromatic N) is 2. The van der Waals surface area contributed by atoms with E-state index < -0.39 is 27.7 Å². The number of carbonyl (C=O) groups is 2. The van der Waals surface area contributed by atoms with Gasteiger partial charge >= 0.3 is 0 Å². The van der Waals surface area contributed by atoms with Crippen molar-refractivity contribution in [3.05, 3.63) is 65.0 Å². The van der Waals surface area contributed by atoms with Crippen LogP contribution >= 0.6 is 0 Å². The third-order valence-electron chi connectivity index (χ3n) is 4.91. The van der Waals surface area contributed by atoms with Crippen LogP contribution in [0, 0.1) is 5.82 Å². The quantitative estimate of drug-likeness (QED) is 0.738. The lowest BCUT2D eigenvalue weighted by Gasteiger charge is -2.22. The molecule has 2 amide bonds. The molecule has 2 aromatic rings. The molecule has 0 unspecified atom stereocenters. The molecule has 6 nitrogen and oxygen atoms in total. The first kappa shape index (κ1) is 17.8. The zero-order chi connectivity index (χ0) is 19.3. The molecule has 0 spiro atoms. The van der Waals surface area contributed by atoms with Crippen molar-refractivity contribution >= 4 is 21.8 Å². The number of hydrogen-bond acceptors (Lipinski definition) is 4. The molecule has 0 radical (unpaired) electrons. The van der Waals surface area contributed by atoms with E-state index in [4.69, 9.17) is 0 Å². The number of carbonyl (C=O) groups excluding carboxylic acids is 2. The highest BCUT2D eigenvalue weighted by molar-refractivity contribution is 7.89. The number of benzene rings is 2. The van der Waals surface area contributed by atoms with Gasteiger partial charge in [-0.1, -0.05) is 18.2 Å². The zero-order valence-corrected chi connectivity index (χ0v) is 15.4. The first-order chi connectivity index (χ1) is 12.8. The van der Waals surface area contributed by atoms with E-state index in [1.165, 1.54) is 35.6 Å². The first-order valence-electron chi connectivity index (χ1n) is 8.52. The van der Waals surface area contributed by atoms with Gasteiger partial charge in [0.15, 0.2) is 0 Å². The topological polar surface area (TPSA) is 74.8 Å². The van der Waals surface area contributed by atoms with Gasteiger partial charge in [-0.15, -0.1) is 0 Å². The Bertz CT molecular complexity index is 1060. The molecule has 0 atom stereocenters. The van der Waals surface area contributed by atoms with E-state index in [-0.39, 0.29) is 28.6 Å². The van der Waals surface area contributed by atoms with E-state index in [0.717, 1.165) is 4.90 Å². The fourth-order valence-electron chi connectivity index (χ4n) is 3.20. The van der Waals surface area contributed by atoms with E-state index >= 15 is 0 Å². The maximum absolute atomic E-state index is 14.0. The number of halogens is 1. The molecular formula is C19H17FN2O4S. The Balaban J connectivity index is 1.73. The van der Waals surface area contributed by atoms with E-state index in [1.54, 1.807) is 18.2 Å². The molecule has 27 heavy (non-hydrogen) atoms. The average Bonchev–Trinajstić information content (AvgIpc) is 3.46. The minimum absolute atomic E-state index is 0.0686. The van der Waals surface area contributed by atoms with Gasteiger partial charge in [0.2, 0.25) is 10.0 Å². The van der Waals surface area contributed by atoms with Gasteiger partial charge in [-0.25, -0.2) is 12.8 Å². The van der Waals surface area contributed by atoms with Crippen molar-refractivity contribution in [1.82, 2.24) is 9.21 Å². The predicted octanol–water partition coefficient (Wildman–Crippen LogP) is 2.40. The number of imide groups is 1. The molecular weight excluding hydrogens is 371 g/mol. The van der Waals surface area contributed by atoms with Crippen molar-refractivity contribution < 1.29 is 22.4 Å². The number of rotatable bonds is 5. The summed E-state index contributed by atoms with van der Waals surface area (Å²) in [5.41, 5.74) is 0.555. The number of fused-ring (bicyclic) bond motifs is 1. The maximum Gasteiger partial charge on any atom is 0.261 e. The summed E-state index contributed by atoms with van der Waals surface area (Å²) in [5, 5.41) is 0. The van der Waals surface area contributed by atoms with Crippen molar-refractivity contribution in [1.29, 1.82) is 0 Å². The minimum Gasteiger partial charge on any atom is -0.277 e. The lowest BCUT2D eigenvalue weighted by Crippen LogP contribution is -2.33. The summed E-state index contributed by atoms with van der Waals surface area (Å²) in [6.45, 7) is -0.0798. The Morgan fingerprint density at radius 2 is 1.74 bits per heavy atom.